The summed E-state index contributed by atoms with van der Waals surface area (Å²) in [4.78, 5) is 36.5. The molecule has 1 atom stereocenters. The number of nitrogens with one attached hydrogen (secondary N) is 3. The number of H-pyrrole nitrogens is 1. The first-order chi connectivity index (χ1) is 17.3. The number of benzene rings is 1. The molecule has 0 fully saturated rings. The van der Waals surface area contributed by atoms with Gasteiger partial charge >= 0.3 is 6.09 Å². The summed E-state index contributed by atoms with van der Waals surface area (Å²) in [5.74, 6) is 0.0914. The van der Waals surface area contributed by atoms with Gasteiger partial charge in [0.1, 0.15) is 18.0 Å². The Morgan fingerprint density at radius 3 is 2.61 bits per heavy atom. The number of rotatable bonds is 8. The number of aromatic nitrogens is 3. The highest BCUT2D eigenvalue weighted by molar-refractivity contribution is 6.04. The van der Waals surface area contributed by atoms with E-state index in [2.05, 4.69) is 25.6 Å². The fraction of sp³-hybridized carbons (Fsp3) is 0.259. The summed E-state index contributed by atoms with van der Waals surface area (Å²) in [7, 11) is 0. The molecular formula is C27H29N5O4. The number of ether oxygens (including phenoxy) is 2. The van der Waals surface area contributed by atoms with Gasteiger partial charge in [0.15, 0.2) is 0 Å². The fourth-order valence-electron chi connectivity index (χ4n) is 3.65. The van der Waals surface area contributed by atoms with Crippen LogP contribution >= 0.6 is 0 Å². The van der Waals surface area contributed by atoms with Gasteiger partial charge in [0.05, 0.1) is 17.8 Å². The molecule has 0 bridgehead atoms. The SMILES string of the molecule is CC(C)(C)OC(=O)N[C@H](COc1cncc(C(=O)Nc2ccncc2)c1)Cc1c[nH]c2ccccc12. The van der Waals surface area contributed by atoms with E-state index in [4.69, 9.17) is 9.47 Å². The Balaban J connectivity index is 1.46. The number of aromatic amines is 1. The number of carbonyl (C=O) groups is 2. The summed E-state index contributed by atoms with van der Waals surface area (Å²) in [6.45, 7) is 5.58. The fourth-order valence-corrected chi connectivity index (χ4v) is 3.65. The van der Waals surface area contributed by atoms with E-state index in [1.165, 1.54) is 12.4 Å². The molecule has 36 heavy (non-hydrogen) atoms. The van der Waals surface area contributed by atoms with Crippen molar-refractivity contribution in [2.75, 3.05) is 11.9 Å². The Bertz CT molecular complexity index is 1330. The van der Waals surface area contributed by atoms with Crippen LogP contribution in [-0.2, 0) is 11.2 Å². The van der Waals surface area contributed by atoms with Crippen molar-refractivity contribution in [3.8, 4) is 5.75 Å². The predicted molar refractivity (Wildman–Crippen MR) is 137 cm³/mol. The van der Waals surface area contributed by atoms with E-state index in [1.54, 1.807) is 30.6 Å². The Morgan fingerprint density at radius 1 is 1.06 bits per heavy atom. The van der Waals surface area contributed by atoms with Crippen LogP contribution in [0.1, 0.15) is 36.7 Å². The average molecular weight is 488 g/mol. The summed E-state index contributed by atoms with van der Waals surface area (Å²) in [5, 5.41) is 6.78. The largest absolute Gasteiger partial charge is 0.490 e. The Hall–Kier alpha value is -4.40. The zero-order chi connectivity index (χ0) is 25.5. The third-order valence-electron chi connectivity index (χ3n) is 5.23. The molecule has 0 unspecified atom stereocenters. The van der Waals surface area contributed by atoms with Crippen LogP contribution in [0.25, 0.3) is 10.9 Å². The molecule has 0 saturated heterocycles. The number of alkyl carbamates (subject to hydrolysis) is 1. The van der Waals surface area contributed by atoms with Crippen molar-refractivity contribution in [2.24, 2.45) is 0 Å². The van der Waals surface area contributed by atoms with E-state index in [-0.39, 0.29) is 12.5 Å². The number of pyridine rings is 2. The molecule has 0 aliphatic carbocycles. The number of carbonyl (C=O) groups excluding carboxylic acids is 2. The molecule has 3 aromatic heterocycles. The second kappa shape index (κ2) is 10.9. The minimum atomic E-state index is -0.628. The summed E-state index contributed by atoms with van der Waals surface area (Å²) >= 11 is 0. The van der Waals surface area contributed by atoms with E-state index in [0.29, 0.717) is 23.4 Å². The van der Waals surface area contributed by atoms with Gasteiger partial charge < -0.3 is 25.1 Å². The van der Waals surface area contributed by atoms with E-state index in [1.807, 2.05) is 51.2 Å². The molecule has 0 aliphatic heterocycles. The molecule has 4 rings (SSSR count). The third-order valence-corrected chi connectivity index (χ3v) is 5.23. The van der Waals surface area contributed by atoms with Gasteiger partial charge in [0.25, 0.3) is 5.91 Å². The second-order valence-electron chi connectivity index (χ2n) is 9.32. The maximum atomic E-state index is 12.6. The molecular weight excluding hydrogens is 458 g/mol. The van der Waals surface area contributed by atoms with Gasteiger partial charge in [-0.3, -0.25) is 14.8 Å². The van der Waals surface area contributed by atoms with Crippen LogP contribution in [0.15, 0.2) is 73.4 Å². The lowest BCUT2D eigenvalue weighted by Crippen LogP contribution is -2.43. The van der Waals surface area contributed by atoms with Crippen molar-refractivity contribution < 1.29 is 19.1 Å². The number of fused-ring (bicyclic) bond motifs is 1. The quantitative estimate of drug-likeness (QED) is 0.331. The molecule has 3 N–H and O–H groups in total. The van der Waals surface area contributed by atoms with E-state index in [9.17, 15) is 9.59 Å². The smallest absolute Gasteiger partial charge is 0.408 e. The number of para-hydroxylation sites is 1. The van der Waals surface area contributed by atoms with Crippen LogP contribution in [0.5, 0.6) is 5.75 Å². The molecule has 186 valence electrons. The summed E-state index contributed by atoms with van der Waals surface area (Å²) in [5.41, 5.74) is 2.40. The van der Waals surface area contributed by atoms with Crippen molar-refractivity contribution in [3.05, 3.63) is 84.6 Å². The van der Waals surface area contributed by atoms with Gasteiger partial charge in [0, 0.05) is 41.4 Å². The lowest BCUT2D eigenvalue weighted by molar-refractivity contribution is 0.0487. The first kappa shape index (κ1) is 24.7. The Labute approximate surface area is 209 Å². The average Bonchev–Trinajstić information content (AvgIpc) is 3.25. The second-order valence-corrected chi connectivity index (χ2v) is 9.32. The number of nitrogens with zero attached hydrogens (tertiary/aromatic N) is 2. The summed E-state index contributed by atoms with van der Waals surface area (Å²) < 4.78 is 11.4. The lowest BCUT2D eigenvalue weighted by atomic mass is 10.1. The van der Waals surface area contributed by atoms with Crippen LogP contribution in [0.3, 0.4) is 0 Å². The molecule has 0 radical (unpaired) electrons. The van der Waals surface area contributed by atoms with Crippen molar-refractivity contribution in [1.29, 1.82) is 0 Å². The number of hydrogen-bond acceptors (Lipinski definition) is 6. The summed E-state index contributed by atoms with van der Waals surface area (Å²) in [6.07, 6.45) is 8.10. The van der Waals surface area contributed by atoms with Crippen LogP contribution in [-0.4, -0.2) is 45.2 Å². The molecule has 0 saturated carbocycles. The molecule has 1 aromatic carbocycles. The van der Waals surface area contributed by atoms with Gasteiger partial charge in [-0.2, -0.15) is 0 Å². The van der Waals surface area contributed by atoms with Gasteiger partial charge in [0.2, 0.25) is 0 Å². The normalized spacial score (nSPS) is 12.1. The highest BCUT2D eigenvalue weighted by Gasteiger charge is 2.21. The minimum Gasteiger partial charge on any atom is -0.490 e. The van der Waals surface area contributed by atoms with E-state index >= 15 is 0 Å². The van der Waals surface area contributed by atoms with Crippen LogP contribution in [0, 0.1) is 0 Å². The molecule has 0 aliphatic rings. The highest BCUT2D eigenvalue weighted by Crippen LogP contribution is 2.20. The molecule has 2 amide bonds. The van der Waals surface area contributed by atoms with Gasteiger partial charge in [-0.25, -0.2) is 4.79 Å². The predicted octanol–water partition coefficient (Wildman–Crippen LogP) is 4.73. The van der Waals surface area contributed by atoms with E-state index in [0.717, 1.165) is 16.5 Å². The molecule has 9 nitrogen and oxygen atoms in total. The highest BCUT2D eigenvalue weighted by atomic mass is 16.6. The van der Waals surface area contributed by atoms with Gasteiger partial charge in [-0.15, -0.1) is 0 Å². The molecule has 0 spiro atoms. The first-order valence-corrected chi connectivity index (χ1v) is 11.6. The molecule has 3 heterocycles. The first-order valence-electron chi connectivity index (χ1n) is 11.6. The third kappa shape index (κ3) is 6.82. The van der Waals surface area contributed by atoms with E-state index < -0.39 is 17.7 Å². The van der Waals surface area contributed by atoms with Crippen molar-refractivity contribution >= 4 is 28.6 Å². The van der Waals surface area contributed by atoms with Gasteiger partial charge in [-0.1, -0.05) is 18.2 Å². The molecule has 4 aromatic rings. The summed E-state index contributed by atoms with van der Waals surface area (Å²) in [6, 6.07) is 12.6. The van der Waals surface area contributed by atoms with Crippen molar-refractivity contribution in [1.82, 2.24) is 20.3 Å². The minimum absolute atomic E-state index is 0.149. The zero-order valence-electron chi connectivity index (χ0n) is 20.4. The lowest BCUT2D eigenvalue weighted by Gasteiger charge is -2.24. The van der Waals surface area contributed by atoms with Gasteiger partial charge in [-0.05, 0) is 57.0 Å². The number of hydrogen-bond donors (Lipinski definition) is 3. The van der Waals surface area contributed by atoms with Crippen LogP contribution in [0.4, 0.5) is 10.5 Å². The maximum absolute atomic E-state index is 12.6. The Morgan fingerprint density at radius 2 is 1.83 bits per heavy atom. The molecule has 9 heteroatoms. The topological polar surface area (TPSA) is 118 Å². The van der Waals surface area contributed by atoms with Crippen LogP contribution < -0.4 is 15.4 Å². The van der Waals surface area contributed by atoms with Crippen molar-refractivity contribution in [2.45, 2.75) is 38.8 Å². The van der Waals surface area contributed by atoms with Crippen LogP contribution in [0.2, 0.25) is 0 Å². The maximum Gasteiger partial charge on any atom is 0.408 e. The van der Waals surface area contributed by atoms with Crippen molar-refractivity contribution in [3.63, 3.8) is 0 Å². The Kier molecular flexibility index (Phi) is 7.48. The zero-order valence-corrected chi connectivity index (χ0v) is 20.4. The monoisotopic (exact) mass is 487 g/mol. The number of amides is 2. The standard InChI is InChI=1S/C27H29N5O4/c1-27(2,3)36-26(34)32-21(12-18-15-30-24-7-5-4-6-23(18)24)17-35-22-13-19(14-29-16-22)25(33)31-20-8-10-28-11-9-20/h4-11,13-16,21,30H,12,17H2,1-3H3,(H,32,34)(H,28,31,33)/t21-/m0/s1. The number of anilines is 1.